The van der Waals surface area contributed by atoms with Crippen molar-refractivity contribution >= 4 is 33.5 Å². The highest BCUT2D eigenvalue weighted by Crippen LogP contribution is 2.23. The van der Waals surface area contributed by atoms with Crippen LogP contribution in [0, 0.1) is 6.92 Å². The zero-order chi connectivity index (χ0) is 17.7. The third-order valence-electron chi connectivity index (χ3n) is 3.52. The molecule has 0 aliphatic carbocycles. The second-order valence-corrected chi connectivity index (χ2v) is 6.16. The Bertz CT molecular complexity index is 774. The summed E-state index contributed by atoms with van der Waals surface area (Å²) in [6.07, 6.45) is 0.781. The normalized spacial score (nSPS) is 10.3. The number of hydrogen-bond donors (Lipinski definition) is 2. The average Bonchev–Trinajstić information content (AvgIpc) is 2.56. The average molecular weight is 392 g/mol. The first-order chi connectivity index (χ1) is 11.4. The lowest BCUT2D eigenvalue weighted by molar-refractivity contribution is -0.119. The molecular formula is C18H18BrNO4. The van der Waals surface area contributed by atoms with Crippen LogP contribution >= 0.6 is 15.9 Å². The number of halogens is 1. The molecule has 6 heteroatoms. The molecule has 0 radical (unpaired) electrons. The monoisotopic (exact) mass is 391 g/mol. The van der Waals surface area contributed by atoms with Gasteiger partial charge in [0.05, 0.1) is 0 Å². The summed E-state index contributed by atoms with van der Waals surface area (Å²) in [7, 11) is 0. The molecule has 0 aliphatic heterocycles. The van der Waals surface area contributed by atoms with Crippen LogP contribution in [0.25, 0.3) is 0 Å². The molecule has 0 spiro atoms. The summed E-state index contributed by atoms with van der Waals surface area (Å²) in [6.45, 7) is 3.48. The second-order valence-electron chi connectivity index (χ2n) is 5.25. The Morgan fingerprint density at radius 1 is 1.25 bits per heavy atom. The fourth-order valence-corrected chi connectivity index (χ4v) is 2.62. The van der Waals surface area contributed by atoms with E-state index in [1.807, 2.05) is 32.0 Å². The number of carbonyl (C=O) groups is 2. The largest absolute Gasteiger partial charge is 0.507 e. The van der Waals surface area contributed by atoms with Gasteiger partial charge in [-0.05, 0) is 42.7 Å². The first-order valence-electron chi connectivity index (χ1n) is 7.46. The standard InChI is InChI=1S/C18H18BrNO4/c1-3-12-6-4-5-11(2)17(12)20-16(22)10-24-18(23)14-9-13(19)7-8-15(14)21/h4-9,21H,3,10H2,1-2H3,(H,20,22). The van der Waals surface area contributed by atoms with Gasteiger partial charge in [0.15, 0.2) is 6.61 Å². The molecule has 2 aromatic rings. The predicted octanol–water partition coefficient (Wildman–Crippen LogP) is 3.82. The van der Waals surface area contributed by atoms with E-state index in [1.54, 1.807) is 6.07 Å². The predicted molar refractivity (Wildman–Crippen MR) is 95.3 cm³/mol. The molecule has 0 aromatic heterocycles. The third-order valence-corrected chi connectivity index (χ3v) is 4.01. The van der Waals surface area contributed by atoms with E-state index in [2.05, 4.69) is 21.2 Å². The van der Waals surface area contributed by atoms with Gasteiger partial charge >= 0.3 is 5.97 Å². The van der Waals surface area contributed by atoms with Crippen molar-refractivity contribution in [1.29, 1.82) is 0 Å². The van der Waals surface area contributed by atoms with Crippen LogP contribution in [-0.2, 0) is 16.0 Å². The Balaban J connectivity index is 2.01. The van der Waals surface area contributed by atoms with Gasteiger partial charge in [-0.3, -0.25) is 4.79 Å². The topological polar surface area (TPSA) is 75.6 Å². The van der Waals surface area contributed by atoms with E-state index in [1.165, 1.54) is 12.1 Å². The number of aromatic hydroxyl groups is 1. The number of ether oxygens (including phenoxy) is 1. The number of phenols is 1. The van der Waals surface area contributed by atoms with Gasteiger partial charge in [-0.2, -0.15) is 0 Å². The molecule has 0 heterocycles. The maximum Gasteiger partial charge on any atom is 0.342 e. The van der Waals surface area contributed by atoms with E-state index in [0.717, 1.165) is 23.2 Å². The zero-order valence-electron chi connectivity index (χ0n) is 13.4. The van der Waals surface area contributed by atoms with Gasteiger partial charge in [0, 0.05) is 10.2 Å². The molecule has 0 saturated carbocycles. The minimum atomic E-state index is -0.760. The number of rotatable bonds is 5. The molecule has 0 unspecified atom stereocenters. The molecule has 0 fully saturated rings. The van der Waals surface area contributed by atoms with E-state index in [9.17, 15) is 14.7 Å². The summed E-state index contributed by atoms with van der Waals surface area (Å²) in [4.78, 5) is 24.0. The zero-order valence-corrected chi connectivity index (χ0v) is 15.0. The van der Waals surface area contributed by atoms with E-state index in [0.29, 0.717) is 4.47 Å². The van der Waals surface area contributed by atoms with Gasteiger partial charge in [0.2, 0.25) is 0 Å². The van der Waals surface area contributed by atoms with Gasteiger partial charge in [-0.15, -0.1) is 0 Å². The molecule has 2 N–H and O–H groups in total. The molecule has 0 saturated heterocycles. The van der Waals surface area contributed by atoms with Crippen molar-refractivity contribution in [2.75, 3.05) is 11.9 Å². The summed E-state index contributed by atoms with van der Waals surface area (Å²) in [5, 5.41) is 12.5. The maximum atomic E-state index is 12.1. The molecular weight excluding hydrogens is 374 g/mol. The highest BCUT2D eigenvalue weighted by Gasteiger charge is 2.16. The van der Waals surface area contributed by atoms with Crippen LogP contribution in [0.4, 0.5) is 5.69 Å². The molecule has 24 heavy (non-hydrogen) atoms. The van der Waals surface area contributed by atoms with Crippen molar-refractivity contribution in [3.63, 3.8) is 0 Å². The number of para-hydroxylation sites is 1. The van der Waals surface area contributed by atoms with Crippen molar-refractivity contribution in [3.8, 4) is 5.75 Å². The number of hydrogen-bond acceptors (Lipinski definition) is 4. The van der Waals surface area contributed by atoms with Crippen LogP contribution in [0.15, 0.2) is 40.9 Å². The van der Waals surface area contributed by atoms with Crippen LogP contribution in [0.3, 0.4) is 0 Å². The van der Waals surface area contributed by atoms with Crippen LogP contribution in [0.2, 0.25) is 0 Å². The number of aryl methyl sites for hydroxylation is 2. The molecule has 0 atom stereocenters. The quantitative estimate of drug-likeness (QED) is 0.759. The number of benzene rings is 2. The van der Waals surface area contributed by atoms with E-state index >= 15 is 0 Å². The smallest absolute Gasteiger partial charge is 0.342 e. The molecule has 5 nitrogen and oxygen atoms in total. The summed E-state index contributed by atoms with van der Waals surface area (Å²) in [6, 6.07) is 10.2. The van der Waals surface area contributed by atoms with Crippen molar-refractivity contribution in [1.82, 2.24) is 0 Å². The first-order valence-corrected chi connectivity index (χ1v) is 8.25. The fourth-order valence-electron chi connectivity index (χ4n) is 2.26. The molecule has 1 amide bonds. The molecule has 2 aromatic carbocycles. The number of amides is 1. The van der Waals surface area contributed by atoms with Gasteiger partial charge in [-0.25, -0.2) is 4.79 Å². The Labute approximate surface area is 148 Å². The van der Waals surface area contributed by atoms with Crippen LogP contribution in [0.5, 0.6) is 5.75 Å². The van der Waals surface area contributed by atoms with Crippen molar-refractivity contribution in [3.05, 3.63) is 57.6 Å². The van der Waals surface area contributed by atoms with Crippen molar-refractivity contribution in [2.24, 2.45) is 0 Å². The van der Waals surface area contributed by atoms with E-state index in [-0.39, 0.29) is 11.3 Å². The first kappa shape index (κ1) is 18.0. The van der Waals surface area contributed by atoms with E-state index in [4.69, 9.17) is 4.74 Å². The Kier molecular flexibility index (Phi) is 5.98. The van der Waals surface area contributed by atoms with Crippen LogP contribution in [-0.4, -0.2) is 23.6 Å². The number of carbonyl (C=O) groups excluding carboxylic acids is 2. The van der Waals surface area contributed by atoms with Crippen LogP contribution in [0.1, 0.15) is 28.4 Å². The molecule has 0 aliphatic rings. The van der Waals surface area contributed by atoms with Crippen molar-refractivity contribution in [2.45, 2.75) is 20.3 Å². The summed E-state index contributed by atoms with van der Waals surface area (Å²) in [5.74, 6) is -1.39. The Hall–Kier alpha value is -2.34. The minimum absolute atomic E-state index is 0.00214. The van der Waals surface area contributed by atoms with Gasteiger partial charge in [-0.1, -0.05) is 41.1 Å². The van der Waals surface area contributed by atoms with Gasteiger partial charge in [0.1, 0.15) is 11.3 Å². The fraction of sp³-hybridized carbons (Fsp3) is 0.222. The summed E-state index contributed by atoms with van der Waals surface area (Å²) < 4.78 is 5.61. The number of anilines is 1. The lowest BCUT2D eigenvalue weighted by atomic mass is 10.1. The molecule has 126 valence electrons. The summed E-state index contributed by atoms with van der Waals surface area (Å²) >= 11 is 3.21. The highest BCUT2D eigenvalue weighted by molar-refractivity contribution is 9.10. The highest BCUT2D eigenvalue weighted by atomic mass is 79.9. The minimum Gasteiger partial charge on any atom is -0.507 e. The van der Waals surface area contributed by atoms with Gasteiger partial charge in [0.25, 0.3) is 5.91 Å². The Morgan fingerprint density at radius 2 is 2.00 bits per heavy atom. The molecule has 2 rings (SSSR count). The van der Waals surface area contributed by atoms with E-state index < -0.39 is 18.5 Å². The number of esters is 1. The van der Waals surface area contributed by atoms with Crippen LogP contribution < -0.4 is 5.32 Å². The second kappa shape index (κ2) is 7.97. The SMILES string of the molecule is CCc1cccc(C)c1NC(=O)COC(=O)c1cc(Br)ccc1O. The third kappa shape index (κ3) is 4.35. The lowest BCUT2D eigenvalue weighted by Crippen LogP contribution is -2.22. The number of nitrogens with one attached hydrogen (secondary N) is 1. The Morgan fingerprint density at radius 3 is 2.71 bits per heavy atom. The van der Waals surface area contributed by atoms with Crippen molar-refractivity contribution < 1.29 is 19.4 Å². The summed E-state index contributed by atoms with van der Waals surface area (Å²) in [5.41, 5.74) is 2.70. The number of phenolic OH excluding ortho intramolecular Hbond substituents is 1. The van der Waals surface area contributed by atoms with Gasteiger partial charge < -0.3 is 15.2 Å². The lowest BCUT2D eigenvalue weighted by Gasteiger charge is -2.13. The molecule has 0 bridgehead atoms. The maximum absolute atomic E-state index is 12.1.